The van der Waals surface area contributed by atoms with Crippen LogP contribution in [0.15, 0.2) is 24.5 Å². The SMILES string of the molecule is CC(C)CC[C@]1(C(=O)N(C)CCO)C[C@H]2CC[C@@H]1N2C(=O)CCc1ccncc1. The quantitative estimate of drug-likeness (QED) is 0.690. The van der Waals surface area contributed by atoms with Crippen LogP contribution in [0.25, 0.3) is 0 Å². The van der Waals surface area contributed by atoms with E-state index in [9.17, 15) is 14.7 Å². The maximum Gasteiger partial charge on any atom is 0.230 e. The Morgan fingerprint density at radius 3 is 2.69 bits per heavy atom. The molecule has 0 aromatic carbocycles. The summed E-state index contributed by atoms with van der Waals surface area (Å²) >= 11 is 0. The average molecular weight is 402 g/mol. The minimum absolute atomic E-state index is 0.00941. The molecule has 6 heteroatoms. The zero-order valence-corrected chi connectivity index (χ0v) is 18.0. The summed E-state index contributed by atoms with van der Waals surface area (Å²) in [7, 11) is 1.78. The molecule has 3 heterocycles. The van der Waals surface area contributed by atoms with Gasteiger partial charge in [0.15, 0.2) is 0 Å². The second-order valence-electron chi connectivity index (χ2n) is 9.15. The summed E-state index contributed by atoms with van der Waals surface area (Å²) in [6.45, 7) is 4.67. The third-order valence-corrected chi connectivity index (χ3v) is 6.78. The maximum atomic E-state index is 13.5. The van der Waals surface area contributed by atoms with Gasteiger partial charge >= 0.3 is 0 Å². The molecule has 2 aliphatic heterocycles. The molecule has 160 valence electrons. The fourth-order valence-corrected chi connectivity index (χ4v) is 5.27. The average Bonchev–Trinajstić information content (AvgIpc) is 3.27. The van der Waals surface area contributed by atoms with E-state index in [1.54, 1.807) is 24.3 Å². The highest BCUT2D eigenvalue weighted by atomic mass is 16.3. The van der Waals surface area contributed by atoms with Gasteiger partial charge in [-0.3, -0.25) is 14.6 Å². The van der Waals surface area contributed by atoms with Crippen LogP contribution in [0.5, 0.6) is 0 Å². The van der Waals surface area contributed by atoms with Crippen LogP contribution >= 0.6 is 0 Å². The lowest BCUT2D eigenvalue weighted by Crippen LogP contribution is -2.51. The fourth-order valence-electron chi connectivity index (χ4n) is 5.27. The van der Waals surface area contributed by atoms with Gasteiger partial charge in [0.05, 0.1) is 12.0 Å². The second kappa shape index (κ2) is 9.24. The van der Waals surface area contributed by atoms with E-state index in [4.69, 9.17) is 0 Å². The van der Waals surface area contributed by atoms with Crippen LogP contribution in [-0.4, -0.2) is 64.0 Å². The predicted molar refractivity (Wildman–Crippen MR) is 112 cm³/mol. The summed E-state index contributed by atoms with van der Waals surface area (Å²) in [5.74, 6) is 0.780. The van der Waals surface area contributed by atoms with Gasteiger partial charge in [0.1, 0.15) is 0 Å². The minimum Gasteiger partial charge on any atom is -0.395 e. The van der Waals surface area contributed by atoms with Crippen LogP contribution in [-0.2, 0) is 16.0 Å². The first-order chi connectivity index (χ1) is 13.9. The lowest BCUT2D eigenvalue weighted by atomic mass is 9.69. The van der Waals surface area contributed by atoms with E-state index in [0.29, 0.717) is 25.3 Å². The zero-order chi connectivity index (χ0) is 21.0. The molecule has 1 N–H and O–H groups in total. The van der Waals surface area contributed by atoms with Crippen molar-refractivity contribution in [2.75, 3.05) is 20.2 Å². The Labute approximate surface area is 174 Å². The zero-order valence-electron chi connectivity index (χ0n) is 18.0. The minimum atomic E-state index is -0.497. The largest absolute Gasteiger partial charge is 0.395 e. The molecule has 0 spiro atoms. The molecule has 3 rings (SSSR count). The van der Waals surface area contributed by atoms with Gasteiger partial charge in [-0.05, 0) is 62.1 Å². The predicted octanol–water partition coefficient (Wildman–Crippen LogP) is 2.65. The van der Waals surface area contributed by atoms with Crippen molar-refractivity contribution < 1.29 is 14.7 Å². The van der Waals surface area contributed by atoms with Crippen molar-refractivity contribution in [2.24, 2.45) is 11.3 Å². The van der Waals surface area contributed by atoms with E-state index in [2.05, 4.69) is 18.8 Å². The van der Waals surface area contributed by atoms with Crippen LogP contribution in [0.4, 0.5) is 0 Å². The number of aromatic nitrogens is 1. The molecule has 2 fully saturated rings. The molecule has 6 nitrogen and oxygen atoms in total. The smallest absolute Gasteiger partial charge is 0.230 e. The Balaban J connectivity index is 1.77. The molecular formula is C23H35N3O3. The number of aryl methyl sites for hydroxylation is 1. The summed E-state index contributed by atoms with van der Waals surface area (Å²) < 4.78 is 0. The van der Waals surface area contributed by atoms with Crippen LogP contribution < -0.4 is 0 Å². The summed E-state index contributed by atoms with van der Waals surface area (Å²) in [5.41, 5.74) is 0.619. The Hall–Kier alpha value is -1.95. The lowest BCUT2D eigenvalue weighted by molar-refractivity contribution is -0.145. The van der Waals surface area contributed by atoms with E-state index in [0.717, 1.165) is 37.7 Å². The number of hydrogen-bond donors (Lipinski definition) is 1. The molecule has 2 aliphatic rings. The van der Waals surface area contributed by atoms with E-state index < -0.39 is 5.41 Å². The Morgan fingerprint density at radius 2 is 2.03 bits per heavy atom. The van der Waals surface area contributed by atoms with Crippen molar-refractivity contribution in [3.05, 3.63) is 30.1 Å². The number of aliphatic hydroxyl groups is 1. The molecule has 0 saturated carbocycles. The number of carbonyl (C=O) groups is 2. The van der Waals surface area contributed by atoms with E-state index in [1.165, 1.54) is 0 Å². The summed E-state index contributed by atoms with van der Waals surface area (Å²) in [6, 6.07) is 4.06. The summed E-state index contributed by atoms with van der Waals surface area (Å²) in [4.78, 5) is 34.4. The normalized spacial score (nSPS) is 25.6. The third-order valence-electron chi connectivity index (χ3n) is 6.78. The van der Waals surface area contributed by atoms with Crippen LogP contribution in [0.3, 0.4) is 0 Å². The van der Waals surface area contributed by atoms with Crippen molar-refractivity contribution in [1.29, 1.82) is 0 Å². The number of amides is 2. The number of nitrogens with zero attached hydrogens (tertiary/aromatic N) is 3. The van der Waals surface area contributed by atoms with Crippen molar-refractivity contribution in [1.82, 2.24) is 14.8 Å². The van der Waals surface area contributed by atoms with Gasteiger partial charge in [-0.25, -0.2) is 0 Å². The van der Waals surface area contributed by atoms with Gasteiger partial charge < -0.3 is 14.9 Å². The molecule has 0 aliphatic carbocycles. The Bertz CT molecular complexity index is 709. The molecule has 0 unspecified atom stereocenters. The van der Waals surface area contributed by atoms with Crippen LogP contribution in [0.2, 0.25) is 0 Å². The Kier molecular flexibility index (Phi) is 6.93. The molecule has 0 radical (unpaired) electrons. The van der Waals surface area contributed by atoms with Gasteiger partial charge in [0.25, 0.3) is 0 Å². The highest BCUT2D eigenvalue weighted by Gasteiger charge is 2.61. The van der Waals surface area contributed by atoms with E-state index in [1.807, 2.05) is 17.0 Å². The van der Waals surface area contributed by atoms with Crippen LogP contribution in [0, 0.1) is 11.3 Å². The molecule has 2 amide bonds. The molecule has 3 atom stereocenters. The highest BCUT2D eigenvalue weighted by Crippen LogP contribution is 2.53. The summed E-state index contributed by atoms with van der Waals surface area (Å²) in [5, 5.41) is 9.32. The van der Waals surface area contributed by atoms with E-state index in [-0.39, 0.29) is 30.5 Å². The monoisotopic (exact) mass is 401 g/mol. The lowest BCUT2D eigenvalue weighted by Gasteiger charge is -2.39. The third kappa shape index (κ3) is 4.47. The fraction of sp³-hybridized carbons (Fsp3) is 0.696. The van der Waals surface area contributed by atoms with Crippen molar-refractivity contribution in [3.63, 3.8) is 0 Å². The number of carbonyl (C=O) groups excluding carboxylic acids is 2. The number of hydrogen-bond acceptors (Lipinski definition) is 4. The molecule has 29 heavy (non-hydrogen) atoms. The number of fused-ring (bicyclic) bond motifs is 2. The van der Waals surface area contributed by atoms with Crippen molar-refractivity contribution >= 4 is 11.8 Å². The number of pyridine rings is 1. The molecule has 1 aromatic heterocycles. The maximum absolute atomic E-state index is 13.5. The standard InChI is InChI=1S/C23H35N3O3/c1-17(2)8-11-23(22(29)25(3)14-15-27)16-19-5-6-20(23)26(19)21(28)7-4-18-9-12-24-13-10-18/h9-10,12-13,17,19-20,27H,4-8,11,14-16H2,1-3H3/t19-,20+,23+/m1/s1. The van der Waals surface area contributed by atoms with Gasteiger partial charge in [-0.2, -0.15) is 0 Å². The Morgan fingerprint density at radius 1 is 1.31 bits per heavy atom. The number of likely N-dealkylation sites (N-methyl/N-ethyl adjacent to an activating group) is 1. The first kappa shape index (κ1) is 21.8. The molecule has 2 bridgehead atoms. The summed E-state index contributed by atoms with van der Waals surface area (Å²) in [6.07, 6.45) is 9.13. The number of rotatable bonds is 9. The first-order valence-electron chi connectivity index (χ1n) is 11.0. The van der Waals surface area contributed by atoms with Crippen molar-refractivity contribution in [2.45, 2.75) is 70.9 Å². The molecule has 1 aromatic rings. The second-order valence-corrected chi connectivity index (χ2v) is 9.15. The van der Waals surface area contributed by atoms with Crippen LogP contribution in [0.1, 0.15) is 57.9 Å². The first-order valence-corrected chi connectivity index (χ1v) is 11.0. The molecular weight excluding hydrogens is 366 g/mol. The molecule has 2 saturated heterocycles. The topological polar surface area (TPSA) is 73.7 Å². The van der Waals surface area contributed by atoms with Gasteiger partial charge in [0, 0.05) is 44.5 Å². The number of aliphatic hydroxyl groups excluding tert-OH is 1. The highest BCUT2D eigenvalue weighted by molar-refractivity contribution is 5.87. The van der Waals surface area contributed by atoms with Gasteiger partial charge in [-0.1, -0.05) is 13.8 Å². The van der Waals surface area contributed by atoms with E-state index >= 15 is 0 Å². The van der Waals surface area contributed by atoms with Gasteiger partial charge in [0.2, 0.25) is 11.8 Å². The van der Waals surface area contributed by atoms with Gasteiger partial charge in [-0.15, -0.1) is 0 Å². The van der Waals surface area contributed by atoms with Crippen molar-refractivity contribution in [3.8, 4) is 0 Å².